The van der Waals surface area contributed by atoms with Crippen molar-refractivity contribution >= 4 is 17.4 Å². The average Bonchev–Trinajstić information content (AvgIpc) is 2.94. The van der Waals surface area contributed by atoms with E-state index < -0.39 is 0 Å². The van der Waals surface area contributed by atoms with Gasteiger partial charge in [-0.05, 0) is 24.5 Å². The number of nitrogens with zero attached hydrogens (tertiary/aromatic N) is 5. The highest BCUT2D eigenvalue weighted by Gasteiger charge is 2.27. The van der Waals surface area contributed by atoms with E-state index in [1.807, 2.05) is 4.90 Å². The van der Waals surface area contributed by atoms with Gasteiger partial charge in [0.1, 0.15) is 11.0 Å². The van der Waals surface area contributed by atoms with Gasteiger partial charge < -0.3 is 9.64 Å². The number of carbonyl (C=O) groups is 1. The molecular weight excluding hydrogens is 290 g/mol. The van der Waals surface area contributed by atoms with Crippen molar-refractivity contribution in [1.29, 1.82) is 0 Å². The lowest BCUT2D eigenvalue weighted by Crippen LogP contribution is -2.41. The van der Waals surface area contributed by atoms with Crippen molar-refractivity contribution in [2.24, 2.45) is 0 Å². The van der Waals surface area contributed by atoms with Crippen molar-refractivity contribution in [3.8, 4) is 5.88 Å². The van der Waals surface area contributed by atoms with Crippen molar-refractivity contribution in [3.63, 3.8) is 0 Å². The monoisotopic (exact) mass is 305 g/mol. The third-order valence-corrected chi connectivity index (χ3v) is 4.23. The molecule has 3 rings (SSSR count). The van der Waals surface area contributed by atoms with E-state index in [9.17, 15) is 4.79 Å². The molecule has 0 unspecified atom stereocenters. The van der Waals surface area contributed by atoms with Crippen molar-refractivity contribution in [1.82, 2.24) is 24.7 Å². The number of amides is 1. The Balaban J connectivity index is 1.56. The highest BCUT2D eigenvalue weighted by Crippen LogP contribution is 2.20. The predicted octanol–water partition coefficient (Wildman–Crippen LogP) is 1.32. The van der Waals surface area contributed by atoms with Crippen molar-refractivity contribution < 1.29 is 9.53 Å². The molecule has 2 aromatic heterocycles. The van der Waals surface area contributed by atoms with Crippen LogP contribution < -0.4 is 4.74 Å². The maximum Gasteiger partial charge on any atom is 0.267 e. The second kappa shape index (κ2) is 6.13. The summed E-state index contributed by atoms with van der Waals surface area (Å²) in [5.74, 6) is 0.547. The minimum Gasteiger partial charge on any atom is -0.473 e. The van der Waals surface area contributed by atoms with E-state index in [2.05, 4.69) is 19.8 Å². The Morgan fingerprint density at radius 2 is 2.19 bits per heavy atom. The number of hydrogen-bond acceptors (Lipinski definition) is 7. The Hall–Kier alpha value is -2.09. The third kappa shape index (κ3) is 3.15. The topological polar surface area (TPSA) is 81.1 Å². The van der Waals surface area contributed by atoms with E-state index in [1.54, 1.807) is 25.3 Å². The first-order chi connectivity index (χ1) is 10.2. The van der Waals surface area contributed by atoms with E-state index in [-0.39, 0.29) is 12.0 Å². The molecule has 1 amide bonds. The molecule has 0 spiro atoms. The van der Waals surface area contributed by atoms with Crippen LogP contribution in [0.3, 0.4) is 0 Å². The maximum atomic E-state index is 12.3. The van der Waals surface area contributed by atoms with E-state index >= 15 is 0 Å². The van der Waals surface area contributed by atoms with Crippen LogP contribution in [0, 0.1) is 6.92 Å². The summed E-state index contributed by atoms with van der Waals surface area (Å²) in [5.41, 5.74) is 0.697. The van der Waals surface area contributed by atoms with Gasteiger partial charge in [0.25, 0.3) is 5.91 Å². The summed E-state index contributed by atoms with van der Waals surface area (Å²) in [6.07, 6.45) is 3.26. The fourth-order valence-electron chi connectivity index (χ4n) is 2.27. The van der Waals surface area contributed by atoms with Gasteiger partial charge in [0.05, 0.1) is 5.69 Å². The number of aromatic nitrogens is 4. The number of hydrogen-bond donors (Lipinski definition) is 0. The number of rotatable bonds is 3. The predicted molar refractivity (Wildman–Crippen MR) is 76.2 cm³/mol. The van der Waals surface area contributed by atoms with Gasteiger partial charge >= 0.3 is 0 Å². The fraction of sp³-hybridized carbons (Fsp3) is 0.462. The number of carbonyl (C=O) groups excluding carboxylic acids is 1. The van der Waals surface area contributed by atoms with Gasteiger partial charge in [-0.15, -0.1) is 10.2 Å². The molecule has 110 valence electrons. The molecule has 7 nitrogen and oxygen atoms in total. The van der Waals surface area contributed by atoms with Crippen molar-refractivity contribution in [2.75, 3.05) is 13.1 Å². The molecule has 1 aliphatic rings. The molecule has 0 radical (unpaired) electrons. The summed E-state index contributed by atoms with van der Waals surface area (Å²) < 4.78 is 9.58. The van der Waals surface area contributed by atoms with Gasteiger partial charge in [-0.25, -0.2) is 0 Å². The van der Waals surface area contributed by atoms with Gasteiger partial charge in [0.15, 0.2) is 0 Å². The van der Waals surface area contributed by atoms with Gasteiger partial charge in [-0.1, -0.05) is 4.49 Å². The molecule has 1 aliphatic heterocycles. The second-order valence-electron chi connectivity index (χ2n) is 4.86. The SMILES string of the molecule is Cc1nnsc1C(=O)N1CCC(Oc2cccnn2)CC1. The molecule has 0 saturated carbocycles. The van der Waals surface area contributed by atoms with E-state index in [4.69, 9.17) is 4.74 Å². The van der Waals surface area contributed by atoms with Crippen LogP contribution in [0.2, 0.25) is 0 Å². The summed E-state index contributed by atoms with van der Waals surface area (Å²) in [5, 5.41) is 11.6. The average molecular weight is 305 g/mol. The molecule has 21 heavy (non-hydrogen) atoms. The Bertz CT molecular complexity index is 610. The summed E-state index contributed by atoms with van der Waals surface area (Å²) in [6.45, 7) is 3.14. The zero-order chi connectivity index (χ0) is 14.7. The Kier molecular flexibility index (Phi) is 4.05. The standard InChI is InChI=1S/C13H15N5O2S/c1-9-12(21-17-15-9)13(19)18-7-4-10(5-8-18)20-11-3-2-6-14-16-11/h2-3,6,10H,4-5,7-8H2,1H3. The lowest BCUT2D eigenvalue weighted by molar-refractivity contribution is 0.0589. The largest absolute Gasteiger partial charge is 0.473 e. The fourth-order valence-corrected chi connectivity index (χ4v) is 2.89. The second-order valence-corrected chi connectivity index (χ2v) is 5.61. The minimum absolute atomic E-state index is 0.0143. The Labute approximate surface area is 126 Å². The van der Waals surface area contributed by atoms with Crippen molar-refractivity contribution in [3.05, 3.63) is 28.9 Å². The van der Waals surface area contributed by atoms with Crippen molar-refractivity contribution in [2.45, 2.75) is 25.9 Å². The van der Waals surface area contributed by atoms with Crippen LogP contribution >= 0.6 is 11.5 Å². The molecule has 0 aliphatic carbocycles. The first-order valence-corrected chi connectivity index (χ1v) is 7.54. The molecule has 0 N–H and O–H groups in total. The van der Waals surface area contributed by atoms with Crippen LogP contribution in [-0.2, 0) is 0 Å². The zero-order valence-corrected chi connectivity index (χ0v) is 12.4. The molecule has 0 bridgehead atoms. The molecule has 0 atom stereocenters. The molecule has 3 heterocycles. The molecule has 1 fully saturated rings. The first kappa shape index (κ1) is 13.9. The van der Waals surface area contributed by atoms with Crippen LogP contribution in [0.5, 0.6) is 5.88 Å². The zero-order valence-electron chi connectivity index (χ0n) is 11.6. The number of piperidine rings is 1. The van der Waals surface area contributed by atoms with E-state index in [1.165, 1.54) is 0 Å². The van der Waals surface area contributed by atoms with Gasteiger partial charge in [0, 0.05) is 38.2 Å². The molecule has 1 saturated heterocycles. The number of aryl methyl sites for hydroxylation is 1. The van der Waals surface area contributed by atoms with Gasteiger partial charge in [0.2, 0.25) is 5.88 Å². The molecule has 2 aromatic rings. The Morgan fingerprint density at radius 1 is 1.38 bits per heavy atom. The molecule has 0 aromatic carbocycles. The van der Waals surface area contributed by atoms with Gasteiger partial charge in [-0.3, -0.25) is 4.79 Å². The summed E-state index contributed by atoms with van der Waals surface area (Å²) in [4.78, 5) is 14.8. The maximum absolute atomic E-state index is 12.3. The minimum atomic E-state index is 0.0143. The highest BCUT2D eigenvalue weighted by molar-refractivity contribution is 7.07. The van der Waals surface area contributed by atoms with Crippen LogP contribution in [-0.4, -0.2) is 49.8 Å². The van der Waals surface area contributed by atoms with Crippen LogP contribution in [0.4, 0.5) is 0 Å². The molecular formula is C13H15N5O2S. The lowest BCUT2D eigenvalue weighted by atomic mass is 10.1. The van der Waals surface area contributed by atoms with E-state index in [0.29, 0.717) is 29.5 Å². The molecule has 8 heteroatoms. The normalized spacial score (nSPS) is 16.0. The summed E-state index contributed by atoms with van der Waals surface area (Å²) >= 11 is 1.15. The highest BCUT2D eigenvalue weighted by atomic mass is 32.1. The van der Waals surface area contributed by atoms with Crippen LogP contribution in [0.15, 0.2) is 18.3 Å². The number of likely N-dealkylation sites (tertiary alicyclic amines) is 1. The smallest absolute Gasteiger partial charge is 0.267 e. The van der Waals surface area contributed by atoms with E-state index in [0.717, 1.165) is 24.4 Å². The summed E-state index contributed by atoms with van der Waals surface area (Å²) in [7, 11) is 0. The third-order valence-electron chi connectivity index (χ3n) is 3.41. The van der Waals surface area contributed by atoms with Crippen LogP contribution in [0.1, 0.15) is 28.2 Å². The lowest BCUT2D eigenvalue weighted by Gasteiger charge is -2.31. The number of ether oxygens (including phenoxy) is 1. The summed E-state index contributed by atoms with van der Waals surface area (Å²) in [6, 6.07) is 3.58. The first-order valence-electron chi connectivity index (χ1n) is 6.76. The van der Waals surface area contributed by atoms with Crippen LogP contribution in [0.25, 0.3) is 0 Å². The quantitative estimate of drug-likeness (QED) is 0.850. The Morgan fingerprint density at radius 3 is 2.81 bits per heavy atom. The van der Waals surface area contributed by atoms with Gasteiger partial charge in [-0.2, -0.15) is 5.10 Å².